The molecule has 0 aromatic carbocycles. The third-order valence-corrected chi connectivity index (χ3v) is 2.36. The van der Waals surface area contributed by atoms with Gasteiger partial charge < -0.3 is 19.0 Å². The van der Waals surface area contributed by atoms with E-state index in [-0.39, 0.29) is 13.0 Å². The molecule has 0 rings (SSSR count). The van der Waals surface area contributed by atoms with E-state index in [0.717, 1.165) is 0 Å². The summed E-state index contributed by atoms with van der Waals surface area (Å²) in [5.41, 5.74) is 0. The van der Waals surface area contributed by atoms with E-state index in [2.05, 4.69) is 4.52 Å². The van der Waals surface area contributed by atoms with Crippen molar-refractivity contribution in [3.8, 4) is 0 Å². The third-order valence-electron chi connectivity index (χ3n) is 1.78. The second kappa shape index (κ2) is 6.47. The van der Waals surface area contributed by atoms with Gasteiger partial charge in [0, 0.05) is 13.3 Å². The standard InChI is InChI=1S/C9H20NO6P/c1-8(11)15-6-5-9(7-10(2,3)4)16-17(12,13)14/h9H,5-7H2,1-4H3,(H-,12,13,14)/p+1. The van der Waals surface area contributed by atoms with Crippen LogP contribution < -0.4 is 0 Å². The monoisotopic (exact) mass is 270 g/mol. The van der Waals surface area contributed by atoms with Crippen molar-refractivity contribution in [2.75, 3.05) is 34.3 Å². The molecule has 0 aliphatic carbocycles. The van der Waals surface area contributed by atoms with E-state index in [1.807, 2.05) is 21.1 Å². The molecule has 102 valence electrons. The first-order valence-corrected chi connectivity index (χ1v) is 6.70. The zero-order valence-electron chi connectivity index (χ0n) is 10.6. The summed E-state index contributed by atoms with van der Waals surface area (Å²) >= 11 is 0. The molecule has 0 heterocycles. The minimum atomic E-state index is -4.52. The SMILES string of the molecule is CC(=O)OCCC(C[N+](C)(C)C)OP(=O)(O)O. The first kappa shape index (κ1) is 16.5. The Hall–Kier alpha value is -0.460. The minimum Gasteiger partial charge on any atom is -0.466 e. The number of carbonyl (C=O) groups excluding carboxylic acids is 1. The van der Waals surface area contributed by atoms with Crippen molar-refractivity contribution in [3.05, 3.63) is 0 Å². The van der Waals surface area contributed by atoms with E-state index < -0.39 is 19.9 Å². The molecule has 0 radical (unpaired) electrons. The normalized spacial score (nSPS) is 14.5. The lowest BCUT2D eigenvalue weighted by Gasteiger charge is -2.29. The Bertz CT molecular complexity index is 294. The van der Waals surface area contributed by atoms with Crippen molar-refractivity contribution in [3.63, 3.8) is 0 Å². The molecule has 0 aliphatic rings. The van der Waals surface area contributed by atoms with Crippen molar-refractivity contribution < 1.29 is 32.9 Å². The van der Waals surface area contributed by atoms with Crippen molar-refractivity contribution in [2.45, 2.75) is 19.4 Å². The summed E-state index contributed by atoms with van der Waals surface area (Å²) < 4.78 is 20.7. The van der Waals surface area contributed by atoms with Gasteiger partial charge >= 0.3 is 13.8 Å². The maximum absolute atomic E-state index is 10.8. The Kier molecular flexibility index (Phi) is 6.29. The van der Waals surface area contributed by atoms with Crippen LogP contribution in [0.15, 0.2) is 0 Å². The zero-order chi connectivity index (χ0) is 13.7. The highest BCUT2D eigenvalue weighted by Gasteiger charge is 2.27. The van der Waals surface area contributed by atoms with Gasteiger partial charge in [-0.2, -0.15) is 0 Å². The van der Waals surface area contributed by atoms with E-state index >= 15 is 0 Å². The van der Waals surface area contributed by atoms with Crippen LogP contribution in [0.1, 0.15) is 13.3 Å². The highest BCUT2D eigenvalue weighted by molar-refractivity contribution is 7.46. The topological polar surface area (TPSA) is 93.1 Å². The van der Waals surface area contributed by atoms with Crippen molar-refractivity contribution >= 4 is 13.8 Å². The van der Waals surface area contributed by atoms with E-state index in [0.29, 0.717) is 11.0 Å². The number of phosphoric ester groups is 1. The van der Waals surface area contributed by atoms with Gasteiger partial charge in [0.1, 0.15) is 12.6 Å². The number of quaternary nitrogens is 1. The number of phosphoric acid groups is 1. The Labute approximate surface area is 101 Å². The van der Waals surface area contributed by atoms with Crippen molar-refractivity contribution in [1.29, 1.82) is 0 Å². The number of hydrogen-bond donors (Lipinski definition) is 2. The van der Waals surface area contributed by atoms with Gasteiger partial charge in [-0.3, -0.25) is 9.32 Å². The molecule has 0 aromatic rings. The number of ether oxygens (including phenoxy) is 1. The average Bonchev–Trinajstić information content (AvgIpc) is 1.95. The molecule has 8 heteroatoms. The molecule has 1 atom stereocenters. The van der Waals surface area contributed by atoms with Gasteiger partial charge in [0.05, 0.1) is 27.7 Å². The summed E-state index contributed by atoms with van der Waals surface area (Å²) in [5, 5.41) is 0. The largest absolute Gasteiger partial charge is 0.470 e. The summed E-state index contributed by atoms with van der Waals surface area (Å²) in [5.74, 6) is -0.426. The second-order valence-corrected chi connectivity index (χ2v) is 6.01. The molecule has 7 nitrogen and oxygen atoms in total. The minimum absolute atomic E-state index is 0.0833. The molecular formula is C9H21NO6P+. The second-order valence-electron chi connectivity index (χ2n) is 4.82. The molecule has 0 aliphatic heterocycles. The number of carbonyl (C=O) groups is 1. The summed E-state index contributed by atoms with van der Waals surface area (Å²) in [7, 11) is 1.11. The Morgan fingerprint density at radius 1 is 1.35 bits per heavy atom. The summed E-state index contributed by atoms with van der Waals surface area (Å²) in [4.78, 5) is 28.1. The smallest absolute Gasteiger partial charge is 0.466 e. The Morgan fingerprint density at radius 3 is 2.24 bits per heavy atom. The van der Waals surface area contributed by atoms with Crippen LogP contribution in [0.4, 0.5) is 0 Å². The van der Waals surface area contributed by atoms with Gasteiger partial charge in [-0.1, -0.05) is 0 Å². The van der Waals surface area contributed by atoms with Gasteiger partial charge in [0.2, 0.25) is 0 Å². The van der Waals surface area contributed by atoms with E-state index in [9.17, 15) is 9.36 Å². The predicted molar refractivity (Wildman–Crippen MR) is 61.1 cm³/mol. The molecule has 0 aromatic heterocycles. The van der Waals surface area contributed by atoms with Crippen LogP contribution in [0, 0.1) is 0 Å². The van der Waals surface area contributed by atoms with Gasteiger partial charge in [0.15, 0.2) is 0 Å². The van der Waals surface area contributed by atoms with Crippen LogP contribution in [0.5, 0.6) is 0 Å². The number of likely N-dealkylation sites (N-methyl/N-ethyl adjacent to an activating group) is 1. The van der Waals surface area contributed by atoms with Crippen LogP contribution in [0.2, 0.25) is 0 Å². The third kappa shape index (κ3) is 11.8. The molecule has 17 heavy (non-hydrogen) atoms. The van der Waals surface area contributed by atoms with Crippen molar-refractivity contribution in [2.24, 2.45) is 0 Å². The van der Waals surface area contributed by atoms with E-state index in [1.54, 1.807) is 0 Å². The number of hydrogen-bond acceptors (Lipinski definition) is 4. The maximum atomic E-state index is 10.8. The van der Waals surface area contributed by atoms with Crippen LogP contribution in [-0.4, -0.2) is 60.6 Å². The maximum Gasteiger partial charge on any atom is 0.470 e. The summed E-state index contributed by atoms with van der Waals surface area (Å²) in [6, 6.07) is 0. The number of nitrogens with zero attached hydrogens (tertiary/aromatic N) is 1. The summed E-state index contributed by atoms with van der Waals surface area (Å²) in [6.45, 7) is 1.77. The van der Waals surface area contributed by atoms with E-state index in [4.69, 9.17) is 14.5 Å². The van der Waals surface area contributed by atoms with Gasteiger partial charge in [0.25, 0.3) is 0 Å². The van der Waals surface area contributed by atoms with Crippen LogP contribution in [0.25, 0.3) is 0 Å². The molecule has 0 saturated heterocycles. The van der Waals surface area contributed by atoms with Gasteiger partial charge in [-0.25, -0.2) is 4.57 Å². The number of rotatable bonds is 7. The Morgan fingerprint density at radius 2 is 1.88 bits per heavy atom. The predicted octanol–water partition coefficient (Wildman–Crippen LogP) is 0.124. The molecule has 0 bridgehead atoms. The van der Waals surface area contributed by atoms with Crippen LogP contribution >= 0.6 is 7.82 Å². The molecule has 0 spiro atoms. The number of esters is 1. The molecule has 0 saturated carbocycles. The fraction of sp³-hybridized carbons (Fsp3) is 0.889. The fourth-order valence-electron chi connectivity index (χ4n) is 1.32. The van der Waals surface area contributed by atoms with E-state index in [1.165, 1.54) is 6.92 Å². The first-order chi connectivity index (χ1) is 7.49. The Balaban J connectivity index is 4.31. The highest BCUT2D eigenvalue weighted by Crippen LogP contribution is 2.38. The fourth-order valence-corrected chi connectivity index (χ4v) is 1.88. The summed E-state index contributed by atoms with van der Waals surface area (Å²) in [6.07, 6.45) is -0.407. The van der Waals surface area contributed by atoms with Gasteiger partial charge in [-0.05, 0) is 0 Å². The molecule has 2 N–H and O–H groups in total. The first-order valence-electron chi connectivity index (χ1n) is 5.17. The molecule has 0 fully saturated rings. The van der Waals surface area contributed by atoms with Crippen LogP contribution in [0.3, 0.4) is 0 Å². The highest BCUT2D eigenvalue weighted by atomic mass is 31.2. The lowest BCUT2D eigenvalue weighted by molar-refractivity contribution is -0.873. The zero-order valence-corrected chi connectivity index (χ0v) is 11.5. The molecule has 1 unspecified atom stereocenters. The lowest BCUT2D eigenvalue weighted by atomic mass is 10.2. The molecular weight excluding hydrogens is 249 g/mol. The molecule has 0 amide bonds. The lowest BCUT2D eigenvalue weighted by Crippen LogP contribution is -2.42. The van der Waals surface area contributed by atoms with Crippen LogP contribution in [-0.2, 0) is 18.6 Å². The van der Waals surface area contributed by atoms with Gasteiger partial charge in [-0.15, -0.1) is 0 Å². The quantitative estimate of drug-likeness (QED) is 0.388. The van der Waals surface area contributed by atoms with Crippen molar-refractivity contribution in [1.82, 2.24) is 0 Å². The average molecular weight is 270 g/mol.